The molecule has 0 aromatic heterocycles. The monoisotopic (exact) mass is 351 g/mol. The molecule has 1 N–H and O–H groups in total. The van der Waals surface area contributed by atoms with Crippen molar-refractivity contribution in [2.24, 2.45) is 0 Å². The highest BCUT2D eigenvalue weighted by atomic mass is 16.2. The molecule has 1 unspecified atom stereocenters. The zero-order chi connectivity index (χ0) is 18.7. The van der Waals surface area contributed by atoms with E-state index in [0.29, 0.717) is 19.3 Å². The molecule has 0 bridgehead atoms. The molecule has 0 fully saturated rings. The highest BCUT2D eigenvalue weighted by Gasteiger charge is 2.37. The molecule has 2 aromatic rings. The number of carbonyl (C=O) groups is 2. The van der Waals surface area contributed by atoms with Crippen LogP contribution in [0.2, 0.25) is 0 Å². The van der Waals surface area contributed by atoms with E-state index in [1.54, 1.807) is 11.9 Å². The number of benzene rings is 2. The minimum absolute atomic E-state index is 0.0150. The molecule has 0 spiro atoms. The van der Waals surface area contributed by atoms with Gasteiger partial charge >= 0.3 is 0 Å². The highest BCUT2D eigenvalue weighted by Crippen LogP contribution is 2.33. The molecule has 2 amide bonds. The first-order valence-corrected chi connectivity index (χ1v) is 8.89. The van der Waals surface area contributed by atoms with Crippen molar-refractivity contribution < 1.29 is 9.59 Å². The van der Waals surface area contributed by atoms with Crippen LogP contribution in [-0.2, 0) is 22.4 Å². The Morgan fingerprint density at radius 3 is 2.65 bits per heavy atom. The Morgan fingerprint density at radius 2 is 1.92 bits per heavy atom. The van der Waals surface area contributed by atoms with Crippen LogP contribution in [0, 0.1) is 0 Å². The number of aryl methyl sites for hydroxylation is 1. The number of rotatable bonds is 5. The molecule has 1 atom stereocenters. The third-order valence-corrected chi connectivity index (χ3v) is 4.85. The Kier molecular flexibility index (Phi) is 5.26. The summed E-state index contributed by atoms with van der Waals surface area (Å²) in [6.45, 7) is 0. The van der Waals surface area contributed by atoms with Crippen LogP contribution in [-0.4, -0.2) is 39.0 Å². The Labute approximate surface area is 154 Å². The van der Waals surface area contributed by atoms with E-state index in [0.717, 1.165) is 22.5 Å². The molecule has 1 aliphatic heterocycles. The lowest BCUT2D eigenvalue weighted by Crippen LogP contribution is -2.47. The Hall–Kier alpha value is -2.82. The maximum Gasteiger partial charge on any atom is 0.243 e. The number of amides is 2. The van der Waals surface area contributed by atoms with E-state index in [1.165, 1.54) is 0 Å². The summed E-state index contributed by atoms with van der Waals surface area (Å²) in [6.07, 6.45) is 1.59. The van der Waals surface area contributed by atoms with Crippen molar-refractivity contribution in [3.8, 4) is 0 Å². The number of hydrogen-bond acceptors (Lipinski definition) is 3. The maximum atomic E-state index is 13.0. The van der Waals surface area contributed by atoms with Crippen molar-refractivity contribution >= 4 is 23.2 Å². The zero-order valence-electron chi connectivity index (χ0n) is 15.5. The molecule has 1 aliphatic rings. The minimum atomic E-state index is -0.460. The van der Waals surface area contributed by atoms with Gasteiger partial charge in [0.1, 0.15) is 6.04 Å². The van der Waals surface area contributed by atoms with Gasteiger partial charge < -0.3 is 10.2 Å². The van der Waals surface area contributed by atoms with Gasteiger partial charge in [0.2, 0.25) is 11.8 Å². The fraction of sp³-hybridized carbons (Fsp3) is 0.333. The van der Waals surface area contributed by atoms with Crippen LogP contribution >= 0.6 is 0 Å². The van der Waals surface area contributed by atoms with Crippen molar-refractivity contribution in [1.29, 1.82) is 0 Å². The fourth-order valence-electron chi connectivity index (χ4n) is 3.43. The minimum Gasteiger partial charge on any atom is -0.378 e. The van der Waals surface area contributed by atoms with Gasteiger partial charge in [0.05, 0.1) is 0 Å². The van der Waals surface area contributed by atoms with E-state index < -0.39 is 6.04 Å². The number of para-hydroxylation sites is 1. The van der Waals surface area contributed by atoms with Crippen LogP contribution in [0.15, 0.2) is 48.5 Å². The number of carbonyl (C=O) groups excluding carboxylic acids is 2. The van der Waals surface area contributed by atoms with Crippen molar-refractivity contribution in [2.75, 3.05) is 30.9 Å². The smallest absolute Gasteiger partial charge is 0.243 e. The lowest BCUT2D eigenvalue weighted by atomic mass is 10.1. The summed E-state index contributed by atoms with van der Waals surface area (Å²) in [7, 11) is 5.61. The molecule has 0 aliphatic carbocycles. The Bertz CT molecular complexity index is 816. The summed E-state index contributed by atoms with van der Waals surface area (Å²) < 4.78 is 0. The number of nitrogens with zero attached hydrogens (tertiary/aromatic N) is 2. The number of anilines is 2. The second-order valence-electron chi connectivity index (χ2n) is 6.79. The van der Waals surface area contributed by atoms with Crippen LogP contribution in [0.1, 0.15) is 17.5 Å². The summed E-state index contributed by atoms with van der Waals surface area (Å²) in [6, 6.07) is 15.5. The van der Waals surface area contributed by atoms with E-state index in [-0.39, 0.29) is 11.8 Å². The van der Waals surface area contributed by atoms with E-state index in [2.05, 4.69) is 11.4 Å². The first-order chi connectivity index (χ1) is 12.5. The first-order valence-electron chi connectivity index (χ1n) is 8.89. The largest absolute Gasteiger partial charge is 0.378 e. The van der Waals surface area contributed by atoms with Crippen molar-refractivity contribution in [2.45, 2.75) is 25.3 Å². The molecular weight excluding hydrogens is 326 g/mol. The second-order valence-corrected chi connectivity index (χ2v) is 6.79. The third-order valence-electron chi connectivity index (χ3n) is 4.85. The van der Waals surface area contributed by atoms with Crippen LogP contribution in [0.25, 0.3) is 0 Å². The number of hydrogen-bond donors (Lipinski definition) is 1. The van der Waals surface area contributed by atoms with E-state index in [1.807, 2.05) is 61.5 Å². The molecule has 5 heteroatoms. The van der Waals surface area contributed by atoms with Gasteiger partial charge in [0.25, 0.3) is 0 Å². The molecule has 1 heterocycles. The van der Waals surface area contributed by atoms with E-state index >= 15 is 0 Å². The molecular formula is C21H25N3O2. The normalized spacial score (nSPS) is 15.5. The van der Waals surface area contributed by atoms with Gasteiger partial charge in [-0.15, -0.1) is 0 Å². The summed E-state index contributed by atoms with van der Waals surface area (Å²) in [4.78, 5) is 29.0. The second kappa shape index (κ2) is 7.60. The third kappa shape index (κ3) is 3.57. The zero-order valence-corrected chi connectivity index (χ0v) is 15.5. The van der Waals surface area contributed by atoms with Gasteiger partial charge in [-0.1, -0.05) is 30.3 Å². The lowest BCUT2D eigenvalue weighted by molar-refractivity contribution is -0.125. The van der Waals surface area contributed by atoms with Crippen molar-refractivity contribution in [1.82, 2.24) is 5.32 Å². The molecule has 2 aromatic carbocycles. The Morgan fingerprint density at radius 1 is 1.15 bits per heavy atom. The average Bonchev–Trinajstić information content (AvgIpc) is 3.05. The molecule has 0 radical (unpaired) electrons. The highest BCUT2D eigenvalue weighted by molar-refractivity contribution is 6.03. The fourth-order valence-corrected chi connectivity index (χ4v) is 3.43. The number of likely N-dealkylation sites (N-methyl/N-ethyl adjacent to an activating group) is 1. The van der Waals surface area contributed by atoms with Crippen LogP contribution in [0.3, 0.4) is 0 Å². The molecule has 3 rings (SSSR count). The van der Waals surface area contributed by atoms with Crippen molar-refractivity contribution in [3.63, 3.8) is 0 Å². The molecule has 0 saturated carbocycles. The van der Waals surface area contributed by atoms with Gasteiger partial charge in [-0.2, -0.15) is 0 Å². The van der Waals surface area contributed by atoms with Gasteiger partial charge in [0, 0.05) is 45.4 Å². The van der Waals surface area contributed by atoms with Crippen LogP contribution in [0.5, 0.6) is 0 Å². The predicted octanol–water partition coefficient (Wildman–Crippen LogP) is 2.39. The first kappa shape index (κ1) is 18.0. The average molecular weight is 351 g/mol. The Balaban J connectivity index is 1.77. The standard InChI is InChI=1S/C21H25N3O2/c1-22-21(26)19-14-16-8-4-5-10-18(16)24(19)20(25)12-11-15-7-6-9-17(13-15)23(2)3/h4-10,13,19H,11-12,14H2,1-3H3,(H,22,26). The van der Waals surface area contributed by atoms with E-state index in [9.17, 15) is 9.59 Å². The van der Waals surface area contributed by atoms with Gasteiger partial charge in [-0.3, -0.25) is 14.5 Å². The maximum absolute atomic E-state index is 13.0. The summed E-state index contributed by atoms with van der Waals surface area (Å²) >= 11 is 0. The van der Waals surface area contributed by atoms with Gasteiger partial charge in [-0.05, 0) is 35.7 Å². The molecule has 0 saturated heterocycles. The summed E-state index contributed by atoms with van der Waals surface area (Å²) in [5.74, 6) is -0.136. The molecule has 136 valence electrons. The quantitative estimate of drug-likeness (QED) is 0.900. The van der Waals surface area contributed by atoms with Crippen LogP contribution in [0.4, 0.5) is 11.4 Å². The molecule has 26 heavy (non-hydrogen) atoms. The number of nitrogens with one attached hydrogen (secondary N) is 1. The van der Waals surface area contributed by atoms with Gasteiger partial charge in [-0.25, -0.2) is 0 Å². The SMILES string of the molecule is CNC(=O)C1Cc2ccccc2N1C(=O)CCc1cccc(N(C)C)c1. The van der Waals surface area contributed by atoms with Gasteiger partial charge in [0.15, 0.2) is 0 Å². The number of fused-ring (bicyclic) bond motifs is 1. The van der Waals surface area contributed by atoms with Crippen LogP contribution < -0.4 is 15.1 Å². The summed E-state index contributed by atoms with van der Waals surface area (Å²) in [5, 5.41) is 2.68. The van der Waals surface area contributed by atoms with E-state index in [4.69, 9.17) is 0 Å². The molecule has 5 nitrogen and oxygen atoms in total. The summed E-state index contributed by atoms with van der Waals surface area (Å²) in [5.41, 5.74) is 4.13. The topological polar surface area (TPSA) is 52.7 Å². The van der Waals surface area contributed by atoms with Crippen molar-refractivity contribution in [3.05, 3.63) is 59.7 Å². The predicted molar refractivity (Wildman–Crippen MR) is 105 cm³/mol. The lowest BCUT2D eigenvalue weighted by Gasteiger charge is -2.24.